The first kappa shape index (κ1) is 16.2. The predicted octanol–water partition coefficient (Wildman–Crippen LogP) is 1.13. The molecule has 1 unspecified atom stereocenters. The van der Waals surface area contributed by atoms with Gasteiger partial charge in [-0.15, -0.1) is 0 Å². The third-order valence-electron chi connectivity index (χ3n) is 5.08. The number of amides is 1. The van der Waals surface area contributed by atoms with E-state index in [0.717, 1.165) is 51.4 Å². The van der Waals surface area contributed by atoms with Crippen molar-refractivity contribution in [3.05, 3.63) is 48.3 Å². The molecule has 0 radical (unpaired) electrons. The number of hydrogen-bond acceptors (Lipinski definition) is 4. The second-order valence-electron chi connectivity index (χ2n) is 6.60. The average molecular weight is 343 g/mol. The monoisotopic (exact) mass is 343 g/mol. The minimum Gasteiger partial charge on any atom is -0.336 e. The molecule has 4 rings (SSSR count). The summed E-state index contributed by atoms with van der Waals surface area (Å²) < 4.78 is 14.9. The molecule has 2 saturated heterocycles. The molecule has 0 bridgehead atoms. The molecular weight excluding hydrogens is 321 g/mol. The summed E-state index contributed by atoms with van der Waals surface area (Å²) in [4.78, 5) is 21.5. The zero-order chi connectivity index (χ0) is 17.2. The molecule has 1 amide bonds. The first-order valence-corrected chi connectivity index (χ1v) is 8.75. The van der Waals surface area contributed by atoms with Gasteiger partial charge in [0.15, 0.2) is 0 Å². The molecule has 7 heteroatoms. The van der Waals surface area contributed by atoms with Gasteiger partial charge >= 0.3 is 0 Å². The molecule has 3 heterocycles. The summed E-state index contributed by atoms with van der Waals surface area (Å²) in [5.41, 5.74) is 1.26. The summed E-state index contributed by atoms with van der Waals surface area (Å²) in [7, 11) is 0. The number of hydrogen-bond donors (Lipinski definition) is 1. The van der Waals surface area contributed by atoms with E-state index in [-0.39, 0.29) is 11.7 Å². The topological polar surface area (TPSA) is 53.4 Å². The lowest BCUT2D eigenvalue weighted by Gasteiger charge is -2.32. The Morgan fingerprint density at radius 1 is 1.16 bits per heavy atom. The maximum absolute atomic E-state index is 13.1. The van der Waals surface area contributed by atoms with Gasteiger partial charge in [0.05, 0.1) is 12.5 Å². The van der Waals surface area contributed by atoms with Crippen molar-refractivity contribution >= 4 is 5.91 Å². The molecule has 1 N–H and O–H groups in total. The van der Waals surface area contributed by atoms with E-state index in [9.17, 15) is 9.18 Å². The maximum atomic E-state index is 13.1. The summed E-state index contributed by atoms with van der Waals surface area (Å²) in [5.74, 6) is -0.311. The number of imidazole rings is 1. The molecule has 2 aliphatic heterocycles. The average Bonchev–Trinajstić information content (AvgIpc) is 3.32. The van der Waals surface area contributed by atoms with Gasteiger partial charge in [0.25, 0.3) is 5.91 Å². The summed E-state index contributed by atoms with van der Waals surface area (Å²) in [6.45, 7) is 5.64. The van der Waals surface area contributed by atoms with Crippen LogP contribution in [0.1, 0.15) is 16.9 Å². The largest absolute Gasteiger partial charge is 0.336 e. The van der Waals surface area contributed by atoms with Crippen LogP contribution in [0.25, 0.3) is 5.69 Å². The number of carbonyl (C=O) groups excluding carboxylic acids is 1. The highest BCUT2D eigenvalue weighted by Gasteiger charge is 2.32. The van der Waals surface area contributed by atoms with Crippen LogP contribution in [-0.2, 0) is 0 Å². The van der Waals surface area contributed by atoms with Crippen molar-refractivity contribution in [2.24, 2.45) is 0 Å². The van der Waals surface area contributed by atoms with Gasteiger partial charge in [-0.05, 0) is 30.7 Å². The van der Waals surface area contributed by atoms with Gasteiger partial charge in [0.2, 0.25) is 0 Å². The Kier molecular flexibility index (Phi) is 4.50. The summed E-state index contributed by atoms with van der Waals surface area (Å²) in [6.07, 6.45) is 4.20. The first-order chi connectivity index (χ1) is 12.2. The van der Waals surface area contributed by atoms with Gasteiger partial charge in [0.1, 0.15) is 11.5 Å². The molecule has 2 aromatic rings. The fourth-order valence-corrected chi connectivity index (χ4v) is 3.69. The first-order valence-electron chi connectivity index (χ1n) is 8.75. The lowest BCUT2D eigenvalue weighted by Crippen LogP contribution is -2.49. The van der Waals surface area contributed by atoms with Crippen molar-refractivity contribution in [1.82, 2.24) is 24.7 Å². The Labute approximate surface area is 146 Å². The Morgan fingerprint density at radius 2 is 1.92 bits per heavy atom. The SMILES string of the molecule is O=C(c1cncn1-c1ccc(F)cc1)N1CCC(N2CCNCC2)C1. The van der Waals surface area contributed by atoms with Crippen LogP contribution >= 0.6 is 0 Å². The molecule has 25 heavy (non-hydrogen) atoms. The Bertz CT molecular complexity index is 738. The van der Waals surface area contributed by atoms with E-state index in [2.05, 4.69) is 15.2 Å². The standard InChI is InChI=1S/C18H22FN5O/c19-14-1-3-15(4-2-14)24-13-21-11-17(24)18(25)23-8-5-16(12-23)22-9-6-20-7-10-22/h1-4,11,13,16,20H,5-10,12H2. The molecule has 1 aromatic carbocycles. The van der Waals surface area contributed by atoms with E-state index in [1.165, 1.54) is 12.1 Å². The van der Waals surface area contributed by atoms with Crippen molar-refractivity contribution in [3.8, 4) is 5.69 Å². The lowest BCUT2D eigenvalue weighted by molar-refractivity contribution is 0.0765. The summed E-state index contributed by atoms with van der Waals surface area (Å²) in [6, 6.07) is 6.52. The fraction of sp³-hybridized carbons (Fsp3) is 0.444. The third-order valence-corrected chi connectivity index (χ3v) is 5.08. The maximum Gasteiger partial charge on any atom is 0.272 e. The van der Waals surface area contributed by atoms with Gasteiger partial charge in [-0.3, -0.25) is 14.3 Å². The predicted molar refractivity (Wildman–Crippen MR) is 92.3 cm³/mol. The van der Waals surface area contributed by atoms with Crippen molar-refractivity contribution in [3.63, 3.8) is 0 Å². The molecule has 0 saturated carbocycles. The normalized spacial score (nSPS) is 21.6. The molecule has 2 aliphatic rings. The van der Waals surface area contributed by atoms with Crippen LogP contribution < -0.4 is 5.32 Å². The highest BCUT2D eigenvalue weighted by Crippen LogP contribution is 2.20. The number of likely N-dealkylation sites (tertiary alicyclic amines) is 1. The Hall–Kier alpha value is -2.25. The molecule has 1 aromatic heterocycles. The van der Waals surface area contributed by atoms with Gasteiger partial charge in [-0.25, -0.2) is 9.37 Å². The fourth-order valence-electron chi connectivity index (χ4n) is 3.69. The smallest absolute Gasteiger partial charge is 0.272 e. The van der Waals surface area contributed by atoms with Gasteiger partial charge < -0.3 is 10.2 Å². The van der Waals surface area contributed by atoms with Crippen LogP contribution in [0.5, 0.6) is 0 Å². The number of nitrogens with zero attached hydrogens (tertiary/aromatic N) is 4. The second-order valence-corrected chi connectivity index (χ2v) is 6.60. The number of aromatic nitrogens is 2. The van der Waals surface area contributed by atoms with Gasteiger partial charge in [-0.1, -0.05) is 0 Å². The molecule has 1 atom stereocenters. The number of piperazine rings is 1. The number of halogens is 1. The zero-order valence-corrected chi connectivity index (χ0v) is 14.1. The van der Waals surface area contributed by atoms with E-state index >= 15 is 0 Å². The lowest BCUT2D eigenvalue weighted by atomic mass is 10.2. The van der Waals surface area contributed by atoms with E-state index in [4.69, 9.17) is 0 Å². The molecule has 132 valence electrons. The van der Waals surface area contributed by atoms with Crippen LogP contribution in [0.2, 0.25) is 0 Å². The summed E-state index contributed by atoms with van der Waals surface area (Å²) >= 11 is 0. The molecular formula is C18H22FN5O. The number of benzene rings is 1. The summed E-state index contributed by atoms with van der Waals surface area (Å²) in [5, 5.41) is 3.36. The van der Waals surface area contributed by atoms with Crippen LogP contribution in [0.15, 0.2) is 36.8 Å². The number of carbonyl (C=O) groups is 1. The van der Waals surface area contributed by atoms with Gasteiger partial charge in [0, 0.05) is 51.0 Å². The molecule has 2 fully saturated rings. The minimum atomic E-state index is -0.296. The molecule has 0 aliphatic carbocycles. The van der Waals surface area contributed by atoms with E-state index in [0.29, 0.717) is 11.7 Å². The van der Waals surface area contributed by atoms with E-state index in [1.54, 1.807) is 29.2 Å². The minimum absolute atomic E-state index is 0.0144. The van der Waals surface area contributed by atoms with Crippen molar-refractivity contribution in [2.75, 3.05) is 39.3 Å². The van der Waals surface area contributed by atoms with Crippen LogP contribution in [-0.4, -0.2) is 70.6 Å². The van der Waals surface area contributed by atoms with Crippen LogP contribution in [0.3, 0.4) is 0 Å². The number of nitrogens with one attached hydrogen (secondary N) is 1. The van der Waals surface area contributed by atoms with Crippen molar-refractivity contribution in [1.29, 1.82) is 0 Å². The zero-order valence-electron chi connectivity index (χ0n) is 14.1. The third kappa shape index (κ3) is 3.29. The Balaban J connectivity index is 1.49. The Morgan fingerprint density at radius 3 is 2.68 bits per heavy atom. The van der Waals surface area contributed by atoms with Crippen LogP contribution in [0, 0.1) is 5.82 Å². The highest BCUT2D eigenvalue weighted by molar-refractivity contribution is 5.93. The highest BCUT2D eigenvalue weighted by atomic mass is 19.1. The van der Waals surface area contributed by atoms with E-state index < -0.39 is 0 Å². The van der Waals surface area contributed by atoms with Crippen molar-refractivity contribution < 1.29 is 9.18 Å². The molecule has 0 spiro atoms. The molecule has 6 nitrogen and oxygen atoms in total. The van der Waals surface area contributed by atoms with Gasteiger partial charge in [-0.2, -0.15) is 0 Å². The second kappa shape index (κ2) is 6.93. The van der Waals surface area contributed by atoms with Crippen molar-refractivity contribution in [2.45, 2.75) is 12.5 Å². The van der Waals surface area contributed by atoms with Crippen LogP contribution in [0.4, 0.5) is 4.39 Å². The quantitative estimate of drug-likeness (QED) is 0.908. The number of rotatable bonds is 3. The van der Waals surface area contributed by atoms with E-state index in [1.807, 2.05) is 4.90 Å².